The first-order valence-electron chi connectivity index (χ1n) is 7.13. The van der Waals surface area contributed by atoms with E-state index in [2.05, 4.69) is 0 Å². The van der Waals surface area contributed by atoms with Crippen LogP contribution in [0.1, 0.15) is 11.1 Å². The highest BCUT2D eigenvalue weighted by Crippen LogP contribution is 2.08. The molecular weight excluding hydrogens is 268 g/mol. The lowest BCUT2D eigenvalue weighted by Crippen LogP contribution is -1.82. The zero-order valence-corrected chi connectivity index (χ0v) is 12.4. The fourth-order valence-corrected chi connectivity index (χ4v) is 1.80. The lowest BCUT2D eigenvalue weighted by molar-refractivity contribution is 1.64. The van der Waals surface area contributed by atoms with Gasteiger partial charge in [0.1, 0.15) is 0 Å². The normalized spacial score (nSPS) is 12.2. The number of nitrogen functional groups attached to an aromatic ring is 2. The number of anilines is 2. The minimum Gasteiger partial charge on any atom is -0.399 e. The summed E-state index contributed by atoms with van der Waals surface area (Å²) in [5.41, 5.74) is 15.1. The number of hydrogen-bond donors (Lipinski definition) is 2. The molecule has 110 valence electrons. The summed E-state index contributed by atoms with van der Waals surface area (Å²) in [4.78, 5) is 0. The molecule has 2 nitrogen and oxygen atoms in total. The fourth-order valence-electron chi connectivity index (χ4n) is 1.80. The van der Waals surface area contributed by atoms with E-state index in [1.54, 1.807) is 0 Å². The molecule has 0 fully saturated rings. The number of rotatable bonds is 5. The summed E-state index contributed by atoms with van der Waals surface area (Å²) < 4.78 is 0. The van der Waals surface area contributed by atoms with E-state index >= 15 is 0 Å². The van der Waals surface area contributed by atoms with Gasteiger partial charge in [0.2, 0.25) is 0 Å². The minimum absolute atomic E-state index is 0.781. The van der Waals surface area contributed by atoms with Crippen molar-refractivity contribution in [3.8, 4) is 0 Å². The van der Waals surface area contributed by atoms with E-state index in [0.29, 0.717) is 0 Å². The van der Waals surface area contributed by atoms with Gasteiger partial charge in [-0.1, -0.05) is 72.9 Å². The largest absolute Gasteiger partial charge is 0.399 e. The van der Waals surface area contributed by atoms with Gasteiger partial charge in [-0.05, 0) is 35.4 Å². The van der Waals surface area contributed by atoms with Crippen LogP contribution < -0.4 is 11.5 Å². The second-order valence-corrected chi connectivity index (χ2v) is 4.82. The maximum Gasteiger partial charge on any atom is 0.0314 e. The summed E-state index contributed by atoms with van der Waals surface area (Å²) in [6, 6.07) is 15.5. The Hall–Kier alpha value is -3.00. The molecule has 22 heavy (non-hydrogen) atoms. The van der Waals surface area contributed by atoms with Gasteiger partial charge in [-0.15, -0.1) is 0 Å². The van der Waals surface area contributed by atoms with Gasteiger partial charge in [0.15, 0.2) is 0 Å². The molecule has 2 aromatic carbocycles. The third-order valence-corrected chi connectivity index (χ3v) is 3.01. The molecule has 4 N–H and O–H groups in total. The molecule has 0 atom stereocenters. The summed E-state index contributed by atoms with van der Waals surface area (Å²) in [5.74, 6) is 0. The van der Waals surface area contributed by atoms with Crippen LogP contribution in [0.4, 0.5) is 11.4 Å². The van der Waals surface area contributed by atoms with E-state index < -0.39 is 0 Å². The first-order chi connectivity index (χ1) is 10.7. The van der Waals surface area contributed by atoms with Crippen molar-refractivity contribution < 1.29 is 0 Å². The molecule has 2 heteroatoms. The van der Waals surface area contributed by atoms with Gasteiger partial charge in [0.05, 0.1) is 0 Å². The number of allylic oxidation sites excluding steroid dienone is 6. The van der Waals surface area contributed by atoms with Crippen molar-refractivity contribution in [3.63, 3.8) is 0 Å². The van der Waals surface area contributed by atoms with Crippen LogP contribution in [0.25, 0.3) is 12.2 Å². The zero-order chi connectivity index (χ0) is 15.6. The molecule has 0 amide bonds. The molecule has 0 aliphatic heterocycles. The summed E-state index contributed by atoms with van der Waals surface area (Å²) in [6.45, 7) is 0. The van der Waals surface area contributed by atoms with E-state index in [0.717, 1.165) is 22.5 Å². The Balaban J connectivity index is 1.79. The Morgan fingerprint density at radius 1 is 0.455 bits per heavy atom. The van der Waals surface area contributed by atoms with Gasteiger partial charge in [-0.25, -0.2) is 0 Å². The van der Waals surface area contributed by atoms with Crippen LogP contribution in [0.3, 0.4) is 0 Å². The van der Waals surface area contributed by atoms with Crippen LogP contribution in [-0.4, -0.2) is 0 Å². The predicted molar refractivity (Wildman–Crippen MR) is 98.1 cm³/mol. The molecule has 0 radical (unpaired) electrons. The van der Waals surface area contributed by atoms with Gasteiger partial charge in [0, 0.05) is 11.4 Å². The fraction of sp³-hybridized carbons (Fsp3) is 0. The molecule has 0 aliphatic carbocycles. The minimum atomic E-state index is 0.781. The summed E-state index contributed by atoms with van der Waals surface area (Å²) >= 11 is 0. The molecule has 0 spiro atoms. The van der Waals surface area contributed by atoms with Crippen LogP contribution >= 0.6 is 0 Å². The molecule has 0 heterocycles. The second kappa shape index (κ2) is 8.32. The SMILES string of the molecule is Nc1ccc(/C=C/C=C/C=C/C=C/c2ccc(N)cc2)cc1. The van der Waals surface area contributed by atoms with Gasteiger partial charge in [-0.3, -0.25) is 0 Å². The van der Waals surface area contributed by atoms with Crippen molar-refractivity contribution in [2.75, 3.05) is 11.5 Å². The molecule has 0 aliphatic rings. The maximum absolute atomic E-state index is 5.64. The Kier molecular flexibility index (Phi) is 5.82. The Morgan fingerprint density at radius 3 is 1.14 bits per heavy atom. The molecule has 0 bridgehead atoms. The predicted octanol–water partition coefficient (Wildman–Crippen LogP) is 4.69. The first-order valence-corrected chi connectivity index (χ1v) is 7.13. The van der Waals surface area contributed by atoms with Crippen molar-refractivity contribution in [1.29, 1.82) is 0 Å². The first kappa shape index (κ1) is 15.4. The van der Waals surface area contributed by atoms with E-state index in [1.807, 2.05) is 97.1 Å². The van der Waals surface area contributed by atoms with Crippen LogP contribution in [-0.2, 0) is 0 Å². The molecule has 0 aromatic heterocycles. The highest BCUT2D eigenvalue weighted by Gasteiger charge is 1.85. The lowest BCUT2D eigenvalue weighted by atomic mass is 10.2. The molecule has 0 saturated heterocycles. The van der Waals surface area contributed by atoms with Gasteiger partial charge < -0.3 is 11.5 Å². The average molecular weight is 288 g/mol. The van der Waals surface area contributed by atoms with Gasteiger partial charge >= 0.3 is 0 Å². The van der Waals surface area contributed by atoms with Crippen LogP contribution in [0.2, 0.25) is 0 Å². The van der Waals surface area contributed by atoms with Crippen molar-refractivity contribution in [3.05, 3.63) is 96.1 Å². The number of hydrogen-bond acceptors (Lipinski definition) is 2. The number of benzene rings is 2. The molecule has 0 saturated carbocycles. The topological polar surface area (TPSA) is 52.0 Å². The van der Waals surface area contributed by atoms with E-state index in [9.17, 15) is 0 Å². The van der Waals surface area contributed by atoms with Crippen LogP contribution in [0, 0.1) is 0 Å². The quantitative estimate of drug-likeness (QED) is 0.619. The Morgan fingerprint density at radius 2 is 0.773 bits per heavy atom. The van der Waals surface area contributed by atoms with Crippen LogP contribution in [0.15, 0.2) is 85.0 Å². The standard InChI is InChI=1S/C20H20N2/c21-19-13-9-17(10-14-19)7-5-3-1-2-4-6-8-18-11-15-20(22)16-12-18/h1-16H,21-22H2/b3-1+,4-2+,7-5+,8-6+. The third kappa shape index (κ3) is 5.55. The molecule has 2 aromatic rings. The summed E-state index contributed by atoms with van der Waals surface area (Å²) in [7, 11) is 0. The highest BCUT2D eigenvalue weighted by atomic mass is 14.5. The maximum atomic E-state index is 5.64. The van der Waals surface area contributed by atoms with Crippen molar-refractivity contribution >= 4 is 23.5 Å². The zero-order valence-electron chi connectivity index (χ0n) is 12.4. The Bertz CT molecular complexity index is 624. The third-order valence-electron chi connectivity index (χ3n) is 3.01. The van der Waals surface area contributed by atoms with Crippen molar-refractivity contribution in [1.82, 2.24) is 0 Å². The lowest BCUT2D eigenvalue weighted by Gasteiger charge is -1.93. The second-order valence-electron chi connectivity index (χ2n) is 4.82. The monoisotopic (exact) mass is 288 g/mol. The highest BCUT2D eigenvalue weighted by molar-refractivity contribution is 5.55. The molecule has 0 unspecified atom stereocenters. The summed E-state index contributed by atoms with van der Waals surface area (Å²) in [6.07, 6.45) is 16.0. The average Bonchev–Trinajstić information content (AvgIpc) is 2.53. The van der Waals surface area contributed by atoms with E-state index in [-0.39, 0.29) is 0 Å². The van der Waals surface area contributed by atoms with E-state index in [1.165, 1.54) is 0 Å². The smallest absolute Gasteiger partial charge is 0.0314 e. The molecular formula is C20H20N2. The van der Waals surface area contributed by atoms with Crippen molar-refractivity contribution in [2.45, 2.75) is 0 Å². The number of nitrogens with two attached hydrogens (primary N) is 2. The van der Waals surface area contributed by atoms with Gasteiger partial charge in [-0.2, -0.15) is 0 Å². The van der Waals surface area contributed by atoms with Crippen molar-refractivity contribution in [2.24, 2.45) is 0 Å². The van der Waals surface area contributed by atoms with E-state index in [4.69, 9.17) is 11.5 Å². The van der Waals surface area contributed by atoms with Crippen LogP contribution in [0.5, 0.6) is 0 Å². The molecule has 2 rings (SSSR count). The van der Waals surface area contributed by atoms with Gasteiger partial charge in [0.25, 0.3) is 0 Å². The summed E-state index contributed by atoms with van der Waals surface area (Å²) in [5, 5.41) is 0. The Labute approximate surface area is 131 Å².